The number of hydrogen-bond acceptors (Lipinski definition) is 5. The Morgan fingerprint density at radius 1 is 1.19 bits per heavy atom. The molecule has 27 heavy (non-hydrogen) atoms. The van der Waals surface area contributed by atoms with Crippen molar-refractivity contribution < 1.29 is 4.74 Å². The largest absolute Gasteiger partial charge is 0.493 e. The number of aromatic nitrogens is 1. The number of aryl methyl sites for hydroxylation is 3. The summed E-state index contributed by atoms with van der Waals surface area (Å²) in [7, 11) is 0. The smallest absolute Gasteiger partial charge is 0.203 e. The minimum Gasteiger partial charge on any atom is -0.493 e. The molecule has 1 heterocycles. The first kappa shape index (κ1) is 19.6. The Bertz CT molecular complexity index is 958. The lowest BCUT2D eigenvalue weighted by atomic mass is 9.98. The maximum absolute atomic E-state index is 5.52. The molecular formula is C21H22BrN3OS. The van der Waals surface area contributed by atoms with Crippen LogP contribution in [0.1, 0.15) is 29.2 Å². The highest BCUT2D eigenvalue weighted by Crippen LogP contribution is 2.31. The van der Waals surface area contributed by atoms with E-state index in [1.165, 1.54) is 22.3 Å². The quantitative estimate of drug-likeness (QED) is 0.356. The predicted octanol–water partition coefficient (Wildman–Crippen LogP) is 6.34. The van der Waals surface area contributed by atoms with Crippen LogP contribution in [-0.4, -0.2) is 17.8 Å². The molecule has 0 saturated carbocycles. The summed E-state index contributed by atoms with van der Waals surface area (Å²) >= 11 is 5.06. The topological polar surface area (TPSA) is 46.5 Å². The Balaban J connectivity index is 1.72. The minimum absolute atomic E-state index is 0.639. The molecule has 0 aliphatic carbocycles. The zero-order valence-corrected chi connectivity index (χ0v) is 18.2. The fraction of sp³-hybridized carbons (Fsp3) is 0.238. The molecule has 0 aliphatic heterocycles. The standard InChI is InChI=1S/C21H22BrN3OS/c1-5-26-19-7-6-16(10-17(19)22)11-23-25-21-24-18(12-27-21)20-14(3)8-13(2)9-15(20)4/h6-12H,5H2,1-4H3,(H,24,25)/b23-11-. The number of halogens is 1. The van der Waals surface area contributed by atoms with E-state index in [-0.39, 0.29) is 0 Å². The van der Waals surface area contributed by atoms with Crippen LogP contribution < -0.4 is 10.2 Å². The van der Waals surface area contributed by atoms with Crippen molar-refractivity contribution in [2.45, 2.75) is 27.7 Å². The summed E-state index contributed by atoms with van der Waals surface area (Å²) in [4.78, 5) is 4.68. The van der Waals surface area contributed by atoms with Gasteiger partial charge in [0.25, 0.3) is 0 Å². The highest BCUT2D eigenvalue weighted by molar-refractivity contribution is 9.10. The summed E-state index contributed by atoms with van der Waals surface area (Å²) in [5.41, 5.74) is 9.93. The van der Waals surface area contributed by atoms with Crippen molar-refractivity contribution in [1.82, 2.24) is 4.98 Å². The van der Waals surface area contributed by atoms with E-state index in [4.69, 9.17) is 4.74 Å². The van der Waals surface area contributed by atoms with E-state index >= 15 is 0 Å². The Labute approximate surface area is 172 Å². The molecule has 0 amide bonds. The molecule has 0 aliphatic rings. The average Bonchev–Trinajstić information content (AvgIpc) is 3.05. The van der Waals surface area contributed by atoms with E-state index in [0.717, 1.165) is 26.6 Å². The van der Waals surface area contributed by atoms with Crippen LogP contribution in [-0.2, 0) is 0 Å². The number of anilines is 1. The molecule has 3 rings (SSSR count). The second kappa shape index (κ2) is 8.67. The Kier molecular flexibility index (Phi) is 6.29. The number of rotatable bonds is 6. The maximum Gasteiger partial charge on any atom is 0.203 e. The van der Waals surface area contributed by atoms with E-state index in [0.29, 0.717) is 6.61 Å². The van der Waals surface area contributed by atoms with Gasteiger partial charge in [-0.2, -0.15) is 5.10 Å². The van der Waals surface area contributed by atoms with E-state index in [1.807, 2.05) is 25.1 Å². The summed E-state index contributed by atoms with van der Waals surface area (Å²) in [6.07, 6.45) is 1.77. The Morgan fingerprint density at radius 2 is 1.93 bits per heavy atom. The van der Waals surface area contributed by atoms with Gasteiger partial charge in [0, 0.05) is 10.9 Å². The summed E-state index contributed by atoms with van der Waals surface area (Å²) in [5.74, 6) is 0.830. The molecule has 140 valence electrons. The van der Waals surface area contributed by atoms with Gasteiger partial charge in [-0.05, 0) is 78.5 Å². The Hall–Kier alpha value is -2.18. The second-order valence-corrected chi connectivity index (χ2v) is 8.02. The van der Waals surface area contributed by atoms with Crippen LogP contribution in [0.5, 0.6) is 5.75 Å². The zero-order valence-electron chi connectivity index (χ0n) is 15.8. The number of thiazole rings is 1. The summed E-state index contributed by atoms with van der Waals surface area (Å²) in [6.45, 7) is 8.98. The highest BCUT2D eigenvalue weighted by Gasteiger charge is 2.10. The van der Waals surface area contributed by atoms with Crippen LogP contribution >= 0.6 is 27.3 Å². The number of nitrogens with one attached hydrogen (secondary N) is 1. The van der Waals surface area contributed by atoms with Crippen molar-refractivity contribution in [2.75, 3.05) is 12.0 Å². The van der Waals surface area contributed by atoms with Crippen molar-refractivity contribution in [3.8, 4) is 17.0 Å². The molecule has 3 aromatic rings. The molecule has 0 saturated heterocycles. The van der Waals surface area contributed by atoms with Crippen molar-refractivity contribution in [3.05, 3.63) is 62.4 Å². The lowest BCUT2D eigenvalue weighted by Crippen LogP contribution is -1.94. The van der Waals surface area contributed by atoms with Crippen LogP contribution in [0.25, 0.3) is 11.3 Å². The highest BCUT2D eigenvalue weighted by atomic mass is 79.9. The third-order valence-electron chi connectivity index (χ3n) is 4.07. The molecule has 0 bridgehead atoms. The first-order valence-electron chi connectivity index (χ1n) is 8.73. The first-order valence-corrected chi connectivity index (χ1v) is 10.4. The fourth-order valence-corrected chi connectivity index (χ4v) is 4.22. The molecule has 1 aromatic heterocycles. The van der Waals surface area contributed by atoms with Crippen LogP contribution in [0, 0.1) is 20.8 Å². The van der Waals surface area contributed by atoms with Gasteiger partial charge in [-0.15, -0.1) is 11.3 Å². The maximum atomic E-state index is 5.52. The van der Waals surface area contributed by atoms with Gasteiger partial charge in [0.05, 0.1) is 23.0 Å². The molecule has 6 heteroatoms. The summed E-state index contributed by atoms with van der Waals surface area (Å²) < 4.78 is 6.43. The lowest BCUT2D eigenvalue weighted by Gasteiger charge is -2.08. The molecule has 4 nitrogen and oxygen atoms in total. The molecule has 0 fully saturated rings. The van der Waals surface area contributed by atoms with Gasteiger partial charge in [0.2, 0.25) is 5.13 Å². The van der Waals surface area contributed by atoms with Crippen LogP contribution in [0.15, 0.2) is 45.3 Å². The first-order chi connectivity index (χ1) is 13.0. The van der Waals surface area contributed by atoms with E-state index in [9.17, 15) is 0 Å². The van der Waals surface area contributed by atoms with Gasteiger partial charge in [-0.25, -0.2) is 4.98 Å². The number of nitrogens with zero attached hydrogens (tertiary/aromatic N) is 2. The van der Waals surface area contributed by atoms with Gasteiger partial charge in [0.1, 0.15) is 5.75 Å². The second-order valence-electron chi connectivity index (χ2n) is 6.30. The molecule has 0 radical (unpaired) electrons. The van der Waals surface area contributed by atoms with E-state index in [1.54, 1.807) is 17.6 Å². The van der Waals surface area contributed by atoms with Crippen LogP contribution in [0.2, 0.25) is 0 Å². The molecule has 0 atom stereocenters. The van der Waals surface area contributed by atoms with Crippen LogP contribution in [0.4, 0.5) is 5.13 Å². The van der Waals surface area contributed by atoms with Crippen molar-refractivity contribution in [3.63, 3.8) is 0 Å². The van der Waals surface area contributed by atoms with E-state index in [2.05, 4.69) is 69.7 Å². The normalized spacial score (nSPS) is 11.1. The fourth-order valence-electron chi connectivity index (χ4n) is 3.06. The summed E-state index contributed by atoms with van der Waals surface area (Å²) in [6, 6.07) is 10.3. The molecular weight excluding hydrogens is 422 g/mol. The van der Waals surface area contributed by atoms with Gasteiger partial charge in [-0.1, -0.05) is 17.7 Å². The number of ether oxygens (including phenoxy) is 1. The van der Waals surface area contributed by atoms with Gasteiger partial charge in [-0.3, -0.25) is 5.43 Å². The van der Waals surface area contributed by atoms with Gasteiger partial charge >= 0.3 is 0 Å². The molecule has 1 N–H and O–H groups in total. The third kappa shape index (κ3) is 4.76. The van der Waals surface area contributed by atoms with Crippen molar-refractivity contribution in [1.29, 1.82) is 0 Å². The number of hydrogen-bond donors (Lipinski definition) is 1. The monoisotopic (exact) mass is 443 g/mol. The van der Waals surface area contributed by atoms with Gasteiger partial charge in [0.15, 0.2) is 0 Å². The minimum atomic E-state index is 0.639. The van der Waals surface area contributed by atoms with Crippen LogP contribution in [0.3, 0.4) is 0 Å². The molecule has 2 aromatic carbocycles. The average molecular weight is 444 g/mol. The molecule has 0 spiro atoms. The molecule has 0 unspecified atom stereocenters. The van der Waals surface area contributed by atoms with Gasteiger partial charge < -0.3 is 4.74 Å². The summed E-state index contributed by atoms with van der Waals surface area (Å²) in [5, 5.41) is 7.14. The number of hydrazone groups is 1. The van der Waals surface area contributed by atoms with E-state index < -0.39 is 0 Å². The predicted molar refractivity (Wildman–Crippen MR) is 118 cm³/mol. The number of benzene rings is 2. The zero-order chi connectivity index (χ0) is 19.4. The SMILES string of the molecule is CCOc1ccc(/C=N\Nc2nc(-c3c(C)cc(C)cc3C)cs2)cc1Br. The lowest BCUT2D eigenvalue weighted by molar-refractivity contribution is 0.338. The van der Waals surface area contributed by atoms with Crippen molar-refractivity contribution in [2.24, 2.45) is 5.10 Å². The Morgan fingerprint density at radius 3 is 2.59 bits per heavy atom. The van der Waals surface area contributed by atoms with Crippen molar-refractivity contribution >= 4 is 38.6 Å². The third-order valence-corrected chi connectivity index (χ3v) is 5.43.